The second-order valence-corrected chi connectivity index (χ2v) is 3.62. The highest BCUT2D eigenvalue weighted by atomic mass is 16.5. The van der Waals surface area contributed by atoms with Crippen molar-refractivity contribution in [1.29, 1.82) is 0 Å². The molecule has 0 saturated carbocycles. The third-order valence-electron chi connectivity index (χ3n) is 2.12. The molecule has 1 rings (SSSR count). The van der Waals surface area contributed by atoms with Gasteiger partial charge in [0.1, 0.15) is 5.75 Å². The Bertz CT molecular complexity index is 368. The Morgan fingerprint density at radius 1 is 1.38 bits per heavy atom. The van der Waals surface area contributed by atoms with Crippen molar-refractivity contribution in [1.82, 2.24) is 5.32 Å². The summed E-state index contributed by atoms with van der Waals surface area (Å²) >= 11 is 0. The van der Waals surface area contributed by atoms with E-state index in [4.69, 9.17) is 4.74 Å². The van der Waals surface area contributed by atoms with Gasteiger partial charge in [-0.1, -0.05) is 24.3 Å². The molecule has 0 aliphatic heterocycles. The lowest BCUT2D eigenvalue weighted by Crippen LogP contribution is -2.28. The van der Waals surface area contributed by atoms with Crippen molar-refractivity contribution in [2.24, 2.45) is 0 Å². The average Bonchev–Trinajstić information content (AvgIpc) is 2.26. The van der Waals surface area contributed by atoms with E-state index in [0.29, 0.717) is 0 Å². The molecule has 0 aliphatic rings. The number of benzene rings is 1. The topological polar surface area (TPSA) is 38.3 Å². The summed E-state index contributed by atoms with van der Waals surface area (Å²) in [6.45, 7) is 3.44. The van der Waals surface area contributed by atoms with Crippen LogP contribution in [0.1, 0.15) is 19.4 Å². The van der Waals surface area contributed by atoms with E-state index in [1.807, 2.05) is 43.3 Å². The van der Waals surface area contributed by atoms with Crippen LogP contribution >= 0.6 is 0 Å². The Labute approximate surface area is 96.1 Å². The normalized spacial score (nSPS) is 12.4. The summed E-state index contributed by atoms with van der Waals surface area (Å²) in [6.07, 6.45) is 3.92. The van der Waals surface area contributed by atoms with Gasteiger partial charge in [-0.15, -0.1) is 0 Å². The molecular formula is C13H17NO2. The standard InChI is InChI=1S/C13H17NO2/c1-10(14-11(2)15)4-5-12-6-8-13(16-3)9-7-12/h4-10H,1-3H3,(H,14,15)/b5-4+/t10-/m0/s1. The van der Waals surface area contributed by atoms with E-state index in [1.54, 1.807) is 7.11 Å². The Balaban J connectivity index is 2.58. The number of rotatable bonds is 4. The Hall–Kier alpha value is -1.77. The van der Waals surface area contributed by atoms with Crippen LogP contribution in [0.4, 0.5) is 0 Å². The molecule has 3 heteroatoms. The summed E-state index contributed by atoms with van der Waals surface area (Å²) < 4.78 is 5.07. The van der Waals surface area contributed by atoms with E-state index in [2.05, 4.69) is 5.32 Å². The van der Waals surface area contributed by atoms with Crippen LogP contribution in [0.5, 0.6) is 5.75 Å². The molecule has 1 N–H and O–H groups in total. The molecule has 1 amide bonds. The van der Waals surface area contributed by atoms with Crippen molar-refractivity contribution in [3.8, 4) is 5.75 Å². The Morgan fingerprint density at radius 2 is 2.00 bits per heavy atom. The molecular weight excluding hydrogens is 202 g/mol. The molecule has 3 nitrogen and oxygen atoms in total. The number of hydrogen-bond acceptors (Lipinski definition) is 2. The minimum absolute atomic E-state index is 0.0214. The van der Waals surface area contributed by atoms with Crippen molar-refractivity contribution in [2.75, 3.05) is 7.11 Å². The largest absolute Gasteiger partial charge is 0.497 e. The Morgan fingerprint density at radius 3 is 2.50 bits per heavy atom. The van der Waals surface area contributed by atoms with Gasteiger partial charge in [-0.3, -0.25) is 4.79 Å². The van der Waals surface area contributed by atoms with Crippen molar-refractivity contribution >= 4 is 12.0 Å². The van der Waals surface area contributed by atoms with Gasteiger partial charge in [0.05, 0.1) is 7.11 Å². The quantitative estimate of drug-likeness (QED) is 0.843. The fraction of sp³-hybridized carbons (Fsp3) is 0.308. The van der Waals surface area contributed by atoms with E-state index in [0.717, 1.165) is 11.3 Å². The first-order chi connectivity index (χ1) is 7.61. The highest BCUT2D eigenvalue weighted by Gasteiger charge is 1.97. The number of carbonyl (C=O) groups is 1. The van der Waals surface area contributed by atoms with Gasteiger partial charge in [-0.2, -0.15) is 0 Å². The number of nitrogens with one attached hydrogen (secondary N) is 1. The zero-order chi connectivity index (χ0) is 12.0. The highest BCUT2D eigenvalue weighted by Crippen LogP contribution is 2.12. The highest BCUT2D eigenvalue weighted by molar-refractivity contribution is 5.73. The minimum Gasteiger partial charge on any atom is -0.497 e. The Kier molecular flexibility index (Phi) is 4.58. The van der Waals surface area contributed by atoms with Crippen LogP contribution in [0.15, 0.2) is 30.3 Å². The molecule has 0 heterocycles. The molecule has 0 radical (unpaired) electrons. The molecule has 0 saturated heterocycles. The van der Waals surface area contributed by atoms with Gasteiger partial charge in [-0.25, -0.2) is 0 Å². The molecule has 1 atom stereocenters. The smallest absolute Gasteiger partial charge is 0.217 e. The summed E-state index contributed by atoms with van der Waals surface area (Å²) in [5, 5.41) is 2.79. The summed E-state index contributed by atoms with van der Waals surface area (Å²) in [5.74, 6) is 0.818. The number of methoxy groups -OCH3 is 1. The van der Waals surface area contributed by atoms with Crippen LogP contribution in [0, 0.1) is 0 Å². The van der Waals surface area contributed by atoms with Crippen LogP contribution in [-0.4, -0.2) is 19.1 Å². The molecule has 0 aliphatic carbocycles. The van der Waals surface area contributed by atoms with Crippen molar-refractivity contribution in [3.05, 3.63) is 35.9 Å². The zero-order valence-electron chi connectivity index (χ0n) is 9.86. The fourth-order valence-corrected chi connectivity index (χ4v) is 1.34. The van der Waals surface area contributed by atoms with Crippen LogP contribution in [-0.2, 0) is 4.79 Å². The van der Waals surface area contributed by atoms with Crippen LogP contribution < -0.4 is 10.1 Å². The van der Waals surface area contributed by atoms with Gasteiger partial charge < -0.3 is 10.1 Å². The lowest BCUT2D eigenvalue weighted by molar-refractivity contribution is -0.119. The summed E-state index contributed by atoms with van der Waals surface area (Å²) in [5.41, 5.74) is 1.08. The second kappa shape index (κ2) is 5.95. The number of amides is 1. The maximum atomic E-state index is 10.8. The van der Waals surface area contributed by atoms with E-state index < -0.39 is 0 Å². The molecule has 16 heavy (non-hydrogen) atoms. The molecule has 1 aromatic rings. The fourth-order valence-electron chi connectivity index (χ4n) is 1.34. The monoisotopic (exact) mass is 219 g/mol. The van der Waals surface area contributed by atoms with Gasteiger partial charge in [0.15, 0.2) is 0 Å². The second-order valence-electron chi connectivity index (χ2n) is 3.62. The molecule has 0 spiro atoms. The summed E-state index contributed by atoms with van der Waals surface area (Å²) in [6, 6.07) is 7.79. The number of ether oxygens (including phenoxy) is 1. The van der Waals surface area contributed by atoms with Crippen molar-refractivity contribution < 1.29 is 9.53 Å². The van der Waals surface area contributed by atoms with Gasteiger partial charge in [0.2, 0.25) is 5.91 Å². The summed E-state index contributed by atoms with van der Waals surface area (Å²) in [4.78, 5) is 10.8. The number of carbonyl (C=O) groups excluding carboxylic acids is 1. The third-order valence-corrected chi connectivity index (χ3v) is 2.12. The van der Waals surface area contributed by atoms with Crippen molar-refractivity contribution in [2.45, 2.75) is 19.9 Å². The van der Waals surface area contributed by atoms with Gasteiger partial charge in [0, 0.05) is 13.0 Å². The first-order valence-electron chi connectivity index (χ1n) is 5.21. The first-order valence-corrected chi connectivity index (χ1v) is 5.21. The van der Waals surface area contributed by atoms with Gasteiger partial charge >= 0.3 is 0 Å². The van der Waals surface area contributed by atoms with Gasteiger partial charge in [-0.05, 0) is 24.6 Å². The zero-order valence-corrected chi connectivity index (χ0v) is 9.86. The van der Waals surface area contributed by atoms with Crippen molar-refractivity contribution in [3.63, 3.8) is 0 Å². The molecule has 1 aromatic carbocycles. The van der Waals surface area contributed by atoms with Crippen LogP contribution in [0.25, 0.3) is 6.08 Å². The average molecular weight is 219 g/mol. The van der Waals surface area contributed by atoms with E-state index in [-0.39, 0.29) is 11.9 Å². The van der Waals surface area contributed by atoms with Gasteiger partial charge in [0.25, 0.3) is 0 Å². The lowest BCUT2D eigenvalue weighted by Gasteiger charge is -2.06. The first kappa shape index (κ1) is 12.3. The van der Waals surface area contributed by atoms with E-state index in [9.17, 15) is 4.79 Å². The molecule has 0 fully saturated rings. The van der Waals surface area contributed by atoms with E-state index >= 15 is 0 Å². The van der Waals surface area contributed by atoms with E-state index in [1.165, 1.54) is 6.92 Å². The maximum absolute atomic E-state index is 10.8. The molecule has 0 aromatic heterocycles. The van der Waals surface area contributed by atoms with Crippen LogP contribution in [0.2, 0.25) is 0 Å². The molecule has 86 valence electrons. The number of hydrogen-bond donors (Lipinski definition) is 1. The molecule has 0 unspecified atom stereocenters. The third kappa shape index (κ3) is 4.17. The SMILES string of the molecule is COc1ccc(/C=C/[C@H](C)NC(C)=O)cc1. The predicted molar refractivity (Wildman–Crippen MR) is 65.3 cm³/mol. The summed E-state index contributed by atoms with van der Waals surface area (Å²) in [7, 11) is 1.64. The molecule has 0 bridgehead atoms. The lowest BCUT2D eigenvalue weighted by atomic mass is 10.2. The predicted octanol–water partition coefficient (Wildman–Crippen LogP) is 2.23. The maximum Gasteiger partial charge on any atom is 0.217 e. The van der Waals surface area contributed by atoms with Crippen LogP contribution in [0.3, 0.4) is 0 Å². The minimum atomic E-state index is -0.0214.